The van der Waals surface area contributed by atoms with Crippen LogP contribution < -0.4 is 20.7 Å². The largest absolute Gasteiger partial charge is 0.488 e. The molecule has 2 heterocycles. The molecule has 1 atom stereocenters. The molecule has 0 saturated carbocycles. The van der Waals surface area contributed by atoms with E-state index in [2.05, 4.69) is 21.0 Å². The molecule has 1 fully saturated rings. The smallest absolute Gasteiger partial charge is 0.323 e. The number of ether oxygens (including phenoxy) is 1. The monoisotopic (exact) mass is 409 g/mol. The highest BCUT2D eigenvalue weighted by molar-refractivity contribution is 6.00. The number of aromatic nitrogens is 2. The summed E-state index contributed by atoms with van der Waals surface area (Å²) in [5.41, 5.74) is 2.90. The molecule has 0 aliphatic carbocycles. The van der Waals surface area contributed by atoms with Crippen molar-refractivity contribution in [3.8, 4) is 17.0 Å². The summed E-state index contributed by atoms with van der Waals surface area (Å²) in [5, 5.41) is 13.2. The Morgan fingerprint density at radius 3 is 2.70 bits per heavy atom. The second kappa shape index (κ2) is 8.96. The molecule has 0 spiro atoms. The zero-order valence-corrected chi connectivity index (χ0v) is 16.7. The van der Waals surface area contributed by atoms with Crippen LogP contribution in [0.2, 0.25) is 0 Å². The Kier molecular flexibility index (Phi) is 5.94. The fourth-order valence-corrected chi connectivity index (χ4v) is 3.46. The van der Waals surface area contributed by atoms with E-state index in [9.17, 15) is 9.18 Å². The first-order valence-electron chi connectivity index (χ1n) is 9.99. The Morgan fingerprint density at radius 1 is 1.20 bits per heavy atom. The molecule has 1 aliphatic heterocycles. The van der Waals surface area contributed by atoms with E-state index in [0.29, 0.717) is 11.4 Å². The van der Waals surface area contributed by atoms with Crippen LogP contribution in [0.25, 0.3) is 11.3 Å². The average Bonchev–Trinajstić information content (AvgIpc) is 3.42. The van der Waals surface area contributed by atoms with Crippen molar-refractivity contribution in [1.82, 2.24) is 15.1 Å². The predicted molar refractivity (Wildman–Crippen MR) is 114 cm³/mol. The van der Waals surface area contributed by atoms with Gasteiger partial charge in [-0.1, -0.05) is 0 Å². The van der Waals surface area contributed by atoms with E-state index in [-0.39, 0.29) is 11.9 Å². The first kappa shape index (κ1) is 19.9. The lowest BCUT2D eigenvalue weighted by Crippen LogP contribution is -2.21. The van der Waals surface area contributed by atoms with Gasteiger partial charge in [-0.3, -0.25) is 4.68 Å². The minimum atomic E-state index is -0.412. The standard InChI is InChI=1S/C22H24FN5O2/c1-2-28-20(10-12-25-28)19-13-17(7-8-21(19)30-18-9-11-24-14-18)27-22(29)26-16-5-3-15(23)4-6-16/h3-8,10,12-13,18,24H,2,9,11,14H2,1H3,(H2,26,27,29). The molecule has 3 N–H and O–H groups in total. The fraction of sp³-hybridized carbons (Fsp3) is 0.273. The van der Waals surface area contributed by atoms with Gasteiger partial charge in [0, 0.05) is 36.2 Å². The zero-order valence-electron chi connectivity index (χ0n) is 16.7. The minimum absolute atomic E-state index is 0.113. The van der Waals surface area contributed by atoms with Gasteiger partial charge in [0.1, 0.15) is 17.7 Å². The third-order valence-corrected chi connectivity index (χ3v) is 4.94. The van der Waals surface area contributed by atoms with Crippen molar-refractivity contribution in [3.05, 3.63) is 60.5 Å². The SMILES string of the molecule is CCn1nccc1-c1cc(NC(=O)Nc2ccc(F)cc2)ccc1OC1CCNC1. The molecule has 2 aromatic carbocycles. The van der Waals surface area contributed by atoms with Gasteiger partial charge in [0.15, 0.2) is 0 Å². The number of nitrogens with zero attached hydrogens (tertiary/aromatic N) is 2. The fourth-order valence-electron chi connectivity index (χ4n) is 3.46. The molecule has 7 nitrogen and oxygen atoms in total. The number of aryl methyl sites for hydroxylation is 1. The van der Waals surface area contributed by atoms with Crippen molar-refractivity contribution in [2.24, 2.45) is 0 Å². The van der Waals surface area contributed by atoms with E-state index in [0.717, 1.165) is 43.1 Å². The lowest BCUT2D eigenvalue weighted by Gasteiger charge is -2.18. The molecule has 4 rings (SSSR count). The van der Waals surface area contributed by atoms with Crippen molar-refractivity contribution in [3.63, 3.8) is 0 Å². The average molecular weight is 409 g/mol. The predicted octanol–water partition coefficient (Wildman–Crippen LogP) is 4.09. The molecule has 1 saturated heterocycles. The zero-order chi connectivity index (χ0) is 20.9. The Hall–Kier alpha value is -3.39. The first-order chi connectivity index (χ1) is 14.6. The Labute approximate surface area is 174 Å². The number of nitrogens with one attached hydrogen (secondary N) is 3. The third kappa shape index (κ3) is 4.60. The number of halogens is 1. The molecule has 1 aromatic heterocycles. The van der Waals surface area contributed by atoms with Crippen molar-refractivity contribution < 1.29 is 13.9 Å². The highest BCUT2D eigenvalue weighted by Gasteiger charge is 2.20. The van der Waals surface area contributed by atoms with Gasteiger partial charge in [-0.2, -0.15) is 5.10 Å². The minimum Gasteiger partial charge on any atom is -0.488 e. The van der Waals surface area contributed by atoms with Crippen molar-refractivity contribution in [2.75, 3.05) is 23.7 Å². The molecule has 0 radical (unpaired) electrons. The van der Waals surface area contributed by atoms with Crippen LogP contribution in [-0.4, -0.2) is 35.0 Å². The van der Waals surface area contributed by atoms with Gasteiger partial charge in [-0.25, -0.2) is 9.18 Å². The summed E-state index contributed by atoms with van der Waals surface area (Å²) in [7, 11) is 0. The maximum atomic E-state index is 13.0. The van der Waals surface area contributed by atoms with Crippen LogP contribution in [0.15, 0.2) is 54.7 Å². The van der Waals surface area contributed by atoms with Crippen LogP contribution in [0.1, 0.15) is 13.3 Å². The Bertz CT molecular complexity index is 1010. The van der Waals surface area contributed by atoms with E-state index in [1.165, 1.54) is 24.3 Å². The van der Waals surface area contributed by atoms with Crippen molar-refractivity contribution in [2.45, 2.75) is 26.0 Å². The van der Waals surface area contributed by atoms with Gasteiger partial charge in [0.2, 0.25) is 0 Å². The highest BCUT2D eigenvalue weighted by Crippen LogP contribution is 2.34. The number of carbonyl (C=O) groups excluding carboxylic acids is 1. The molecule has 0 bridgehead atoms. The third-order valence-electron chi connectivity index (χ3n) is 4.94. The number of urea groups is 1. The quantitative estimate of drug-likeness (QED) is 0.573. The number of carbonyl (C=O) groups is 1. The van der Waals surface area contributed by atoms with Crippen LogP contribution in [0, 0.1) is 5.82 Å². The van der Waals surface area contributed by atoms with Gasteiger partial charge in [0.25, 0.3) is 0 Å². The lowest BCUT2D eigenvalue weighted by atomic mass is 10.1. The Morgan fingerprint density at radius 2 is 1.97 bits per heavy atom. The van der Waals surface area contributed by atoms with Gasteiger partial charge in [0.05, 0.1) is 5.69 Å². The van der Waals surface area contributed by atoms with Crippen molar-refractivity contribution >= 4 is 17.4 Å². The number of hydrogen-bond acceptors (Lipinski definition) is 4. The van der Waals surface area contributed by atoms with Crippen LogP contribution in [-0.2, 0) is 6.54 Å². The summed E-state index contributed by atoms with van der Waals surface area (Å²) in [6.07, 6.45) is 2.82. The van der Waals surface area contributed by atoms with Crippen molar-refractivity contribution in [1.29, 1.82) is 0 Å². The molecule has 8 heteroatoms. The second-order valence-corrected chi connectivity index (χ2v) is 7.06. The molecule has 156 valence electrons. The number of hydrogen-bond donors (Lipinski definition) is 3. The number of anilines is 2. The second-order valence-electron chi connectivity index (χ2n) is 7.06. The molecular weight excluding hydrogens is 385 g/mol. The van der Waals surface area contributed by atoms with Crippen LogP contribution >= 0.6 is 0 Å². The summed E-state index contributed by atoms with van der Waals surface area (Å²) in [6, 6.07) is 12.7. The number of rotatable bonds is 6. The number of amides is 2. The van der Waals surface area contributed by atoms with Crippen LogP contribution in [0.3, 0.4) is 0 Å². The topological polar surface area (TPSA) is 80.2 Å². The van der Waals surface area contributed by atoms with Gasteiger partial charge in [-0.15, -0.1) is 0 Å². The maximum Gasteiger partial charge on any atom is 0.323 e. The van der Waals surface area contributed by atoms with Crippen LogP contribution in [0.5, 0.6) is 5.75 Å². The molecular formula is C22H24FN5O2. The van der Waals surface area contributed by atoms with E-state index < -0.39 is 6.03 Å². The molecule has 2 amide bonds. The van der Waals surface area contributed by atoms with Crippen LogP contribution in [0.4, 0.5) is 20.6 Å². The normalized spacial score (nSPS) is 15.7. The summed E-state index contributed by atoms with van der Waals surface area (Å²) in [4.78, 5) is 12.4. The summed E-state index contributed by atoms with van der Waals surface area (Å²) in [5.74, 6) is 0.398. The highest BCUT2D eigenvalue weighted by atomic mass is 19.1. The summed E-state index contributed by atoms with van der Waals surface area (Å²) < 4.78 is 21.2. The van der Waals surface area contributed by atoms with E-state index >= 15 is 0 Å². The summed E-state index contributed by atoms with van der Waals surface area (Å²) >= 11 is 0. The molecule has 30 heavy (non-hydrogen) atoms. The maximum absolute atomic E-state index is 13.0. The lowest BCUT2D eigenvalue weighted by molar-refractivity contribution is 0.224. The van der Waals surface area contributed by atoms with E-state index in [1.807, 2.05) is 29.8 Å². The molecule has 1 unspecified atom stereocenters. The number of benzene rings is 2. The van der Waals surface area contributed by atoms with E-state index in [4.69, 9.17) is 4.74 Å². The van der Waals surface area contributed by atoms with E-state index in [1.54, 1.807) is 12.3 Å². The Balaban J connectivity index is 1.57. The van der Waals surface area contributed by atoms with Gasteiger partial charge < -0.3 is 20.7 Å². The van der Waals surface area contributed by atoms with Gasteiger partial charge in [-0.05, 0) is 68.4 Å². The molecule has 1 aliphatic rings. The first-order valence-corrected chi connectivity index (χ1v) is 9.99. The summed E-state index contributed by atoms with van der Waals surface area (Å²) in [6.45, 7) is 4.49. The molecule has 3 aromatic rings. The van der Waals surface area contributed by atoms with Gasteiger partial charge >= 0.3 is 6.03 Å².